The fourth-order valence-electron chi connectivity index (χ4n) is 5.74. The summed E-state index contributed by atoms with van der Waals surface area (Å²) >= 11 is 5.25. The second-order valence-electron chi connectivity index (χ2n) is 10.6. The average Bonchev–Trinajstić information content (AvgIpc) is 3.37. The molecule has 0 saturated carbocycles. The van der Waals surface area contributed by atoms with Gasteiger partial charge in [-0.05, 0) is 55.4 Å². The molecule has 214 valence electrons. The van der Waals surface area contributed by atoms with Crippen LogP contribution >= 0.6 is 12.2 Å². The van der Waals surface area contributed by atoms with Crippen molar-refractivity contribution >= 4 is 35.1 Å². The van der Waals surface area contributed by atoms with Crippen LogP contribution in [-0.4, -0.2) is 65.5 Å². The Hall–Kier alpha value is -3.50. The van der Waals surface area contributed by atoms with Crippen LogP contribution < -0.4 is 27.0 Å². The molecule has 2 aliphatic heterocycles. The van der Waals surface area contributed by atoms with E-state index in [1.807, 2.05) is 67.6 Å². The van der Waals surface area contributed by atoms with Crippen molar-refractivity contribution in [1.82, 2.24) is 26.2 Å². The van der Waals surface area contributed by atoms with Crippen LogP contribution in [0.3, 0.4) is 0 Å². The van der Waals surface area contributed by atoms with Gasteiger partial charge in [-0.1, -0.05) is 67.6 Å². The number of nitrogens with one attached hydrogen (secondary N) is 4. The lowest BCUT2D eigenvalue weighted by atomic mass is 9.92. The maximum atomic E-state index is 14.2. The fraction of sp³-hybridized carbons (Fsp3) is 0.467. The van der Waals surface area contributed by atoms with Gasteiger partial charge >= 0.3 is 0 Å². The highest BCUT2D eigenvalue weighted by atomic mass is 32.1. The summed E-state index contributed by atoms with van der Waals surface area (Å²) in [5.74, 6) is -1.01. The molecule has 2 fully saturated rings. The Morgan fingerprint density at radius 2 is 1.60 bits per heavy atom. The molecule has 0 unspecified atom stereocenters. The first-order valence-corrected chi connectivity index (χ1v) is 14.5. The van der Waals surface area contributed by atoms with Gasteiger partial charge in [0.1, 0.15) is 12.1 Å². The maximum absolute atomic E-state index is 14.2. The first kappa shape index (κ1) is 29.5. The van der Waals surface area contributed by atoms with Gasteiger partial charge in [0.05, 0.1) is 12.1 Å². The Kier molecular flexibility index (Phi) is 10.1. The molecule has 2 saturated heterocycles. The molecular formula is C30H40N6O3S. The van der Waals surface area contributed by atoms with E-state index in [1.54, 1.807) is 11.9 Å². The molecular weight excluding hydrogens is 524 g/mol. The molecule has 0 bridgehead atoms. The number of nitrogens with two attached hydrogens (primary N) is 1. The molecule has 9 nitrogen and oxygen atoms in total. The van der Waals surface area contributed by atoms with Gasteiger partial charge in [-0.15, -0.1) is 0 Å². The lowest BCUT2D eigenvalue weighted by Crippen LogP contribution is -2.59. The lowest BCUT2D eigenvalue weighted by Gasteiger charge is -2.33. The molecule has 0 aromatic heterocycles. The van der Waals surface area contributed by atoms with E-state index in [-0.39, 0.29) is 35.7 Å². The van der Waals surface area contributed by atoms with Crippen LogP contribution in [0.5, 0.6) is 0 Å². The Bertz CT molecular complexity index is 1140. The Morgan fingerprint density at radius 1 is 1.00 bits per heavy atom. The molecule has 6 N–H and O–H groups in total. The first-order chi connectivity index (χ1) is 19.3. The Balaban J connectivity index is 1.59. The minimum Gasteiger partial charge on any atom is -0.366 e. The number of hydrogen-bond donors (Lipinski definition) is 5. The molecule has 40 heavy (non-hydrogen) atoms. The van der Waals surface area contributed by atoms with Gasteiger partial charge in [-0.2, -0.15) is 0 Å². The van der Waals surface area contributed by atoms with Gasteiger partial charge in [0.15, 0.2) is 5.11 Å². The summed E-state index contributed by atoms with van der Waals surface area (Å²) in [5.41, 5.74) is 7.93. The molecule has 0 radical (unpaired) electrons. The highest BCUT2D eigenvalue weighted by Gasteiger charge is 2.48. The van der Waals surface area contributed by atoms with Gasteiger partial charge in [-0.3, -0.25) is 14.4 Å². The number of benzene rings is 2. The van der Waals surface area contributed by atoms with E-state index in [9.17, 15) is 14.4 Å². The van der Waals surface area contributed by atoms with Gasteiger partial charge in [0, 0.05) is 25.6 Å². The van der Waals surface area contributed by atoms with Crippen molar-refractivity contribution in [3.63, 3.8) is 0 Å². The highest BCUT2D eigenvalue weighted by molar-refractivity contribution is 7.80. The van der Waals surface area contributed by atoms with E-state index in [4.69, 9.17) is 18.0 Å². The topological polar surface area (TPSA) is 129 Å². The largest absolute Gasteiger partial charge is 0.366 e. The van der Waals surface area contributed by atoms with E-state index in [0.29, 0.717) is 30.9 Å². The Labute approximate surface area is 241 Å². The van der Waals surface area contributed by atoms with Crippen molar-refractivity contribution in [1.29, 1.82) is 0 Å². The van der Waals surface area contributed by atoms with Crippen molar-refractivity contribution < 1.29 is 14.4 Å². The van der Waals surface area contributed by atoms with Crippen molar-refractivity contribution in [2.45, 2.75) is 69.2 Å². The number of rotatable bonds is 9. The van der Waals surface area contributed by atoms with Crippen LogP contribution in [0.25, 0.3) is 0 Å². The van der Waals surface area contributed by atoms with Crippen LogP contribution in [0.15, 0.2) is 60.7 Å². The number of nitrogens with zero attached hydrogens (tertiary/aromatic N) is 1. The van der Waals surface area contributed by atoms with Gasteiger partial charge < -0.3 is 31.9 Å². The fourth-order valence-corrected chi connectivity index (χ4v) is 5.82. The summed E-state index contributed by atoms with van der Waals surface area (Å²) < 4.78 is 0. The molecule has 2 aromatic rings. The molecule has 2 aliphatic rings. The molecule has 2 heterocycles. The maximum Gasteiger partial charge on any atom is 0.246 e. The van der Waals surface area contributed by atoms with Crippen molar-refractivity contribution in [2.75, 3.05) is 13.6 Å². The minimum absolute atomic E-state index is 0.0735. The lowest BCUT2D eigenvalue weighted by molar-refractivity contribution is -0.143. The van der Waals surface area contributed by atoms with Gasteiger partial charge in [0.2, 0.25) is 17.7 Å². The van der Waals surface area contributed by atoms with E-state index in [1.165, 1.54) is 0 Å². The molecule has 2 aromatic carbocycles. The number of carbonyl (C=O) groups excluding carboxylic acids is 3. The third kappa shape index (κ3) is 6.79. The number of amides is 3. The van der Waals surface area contributed by atoms with Gasteiger partial charge in [0.25, 0.3) is 0 Å². The second-order valence-corrected chi connectivity index (χ2v) is 11.0. The molecule has 3 amide bonds. The summed E-state index contributed by atoms with van der Waals surface area (Å²) in [6.07, 6.45) is 3.19. The third-order valence-electron chi connectivity index (χ3n) is 8.05. The molecule has 4 rings (SSSR count). The van der Waals surface area contributed by atoms with E-state index in [0.717, 1.165) is 24.0 Å². The molecule has 10 heteroatoms. The minimum atomic E-state index is -0.810. The van der Waals surface area contributed by atoms with Gasteiger partial charge in [-0.25, -0.2) is 0 Å². The zero-order valence-electron chi connectivity index (χ0n) is 23.1. The predicted molar refractivity (Wildman–Crippen MR) is 159 cm³/mol. The average molecular weight is 565 g/mol. The summed E-state index contributed by atoms with van der Waals surface area (Å²) in [6, 6.07) is 17.1. The van der Waals surface area contributed by atoms with E-state index in [2.05, 4.69) is 21.3 Å². The predicted octanol–water partition coefficient (Wildman–Crippen LogP) is 1.98. The zero-order chi connectivity index (χ0) is 28.6. The number of hydrogen-bond acceptors (Lipinski definition) is 5. The SMILES string of the molecule is CC[C@H](N)C(=O)N[C@@H]1C(=O)N2[C@@H](CC[C@@H]1CNC(=S)NC)CC[C@H]2C(=O)NC(c1ccccc1)c1ccccc1. The monoisotopic (exact) mass is 564 g/mol. The quantitative estimate of drug-likeness (QED) is 0.295. The van der Waals surface area contributed by atoms with Crippen LogP contribution in [0.1, 0.15) is 56.2 Å². The van der Waals surface area contributed by atoms with Crippen LogP contribution in [0.4, 0.5) is 0 Å². The Morgan fingerprint density at radius 3 is 2.17 bits per heavy atom. The number of fused-ring (bicyclic) bond motifs is 1. The normalized spacial score (nSPS) is 23.1. The van der Waals surface area contributed by atoms with Crippen LogP contribution in [0.2, 0.25) is 0 Å². The third-order valence-corrected chi connectivity index (χ3v) is 8.39. The van der Waals surface area contributed by atoms with Crippen LogP contribution in [0, 0.1) is 5.92 Å². The van der Waals surface area contributed by atoms with E-state index >= 15 is 0 Å². The first-order valence-electron chi connectivity index (χ1n) is 14.1. The molecule has 0 aliphatic carbocycles. The van der Waals surface area contributed by atoms with Crippen molar-refractivity contribution in [3.8, 4) is 0 Å². The summed E-state index contributed by atoms with van der Waals surface area (Å²) in [7, 11) is 1.73. The van der Waals surface area contributed by atoms with Crippen molar-refractivity contribution in [2.24, 2.45) is 11.7 Å². The summed E-state index contributed by atoms with van der Waals surface area (Å²) in [6.45, 7) is 2.25. The molecule has 0 spiro atoms. The summed E-state index contributed by atoms with van der Waals surface area (Å²) in [4.78, 5) is 42.6. The second kappa shape index (κ2) is 13.7. The number of carbonyl (C=O) groups is 3. The number of thiocarbonyl (C=S) groups is 1. The van der Waals surface area contributed by atoms with E-state index < -0.39 is 18.1 Å². The zero-order valence-corrected chi connectivity index (χ0v) is 24.0. The molecule has 5 atom stereocenters. The highest BCUT2D eigenvalue weighted by Crippen LogP contribution is 2.34. The standard InChI is InChI=1S/C30H40N6O3S/c1-3-23(31)27(37)35-26-21(18-33-30(40)32-2)14-15-22-16-17-24(36(22)29(26)39)28(38)34-25(19-10-6-4-7-11-19)20-12-8-5-9-13-20/h4-13,21-26H,3,14-18,31H2,1-2H3,(H,34,38)(H,35,37)(H2,32,33,40)/t21-,22+,23+,24+,26+/m1/s1. The smallest absolute Gasteiger partial charge is 0.246 e. The van der Waals surface area contributed by atoms with Crippen LogP contribution in [-0.2, 0) is 14.4 Å². The summed E-state index contributed by atoms with van der Waals surface area (Å²) in [5, 5.41) is 12.7. The van der Waals surface area contributed by atoms with Crippen molar-refractivity contribution in [3.05, 3.63) is 71.8 Å².